The lowest BCUT2D eigenvalue weighted by atomic mass is 9.99. The van der Waals surface area contributed by atoms with Gasteiger partial charge >= 0.3 is 0 Å². The van der Waals surface area contributed by atoms with Gasteiger partial charge in [-0.15, -0.1) is 11.3 Å². The standard InChI is InChI=1S/C26H18N2OS2/c29-25(21-15-8-7-14-20(21)18-10-3-1-4-11-18)28-26-27-23(22-16-9-17-30-22)24(31-26)19-12-5-2-6-13-19/h1-17H,(H,27,28,29). The molecule has 0 saturated carbocycles. The first-order valence-corrected chi connectivity index (χ1v) is 11.5. The van der Waals surface area contributed by atoms with E-state index in [1.54, 1.807) is 11.3 Å². The first-order chi connectivity index (χ1) is 15.3. The van der Waals surface area contributed by atoms with Gasteiger partial charge in [0.25, 0.3) is 5.91 Å². The van der Waals surface area contributed by atoms with Crippen molar-refractivity contribution in [2.75, 3.05) is 5.32 Å². The second-order valence-electron chi connectivity index (χ2n) is 6.91. The third-order valence-corrected chi connectivity index (χ3v) is 6.79. The van der Waals surface area contributed by atoms with E-state index in [-0.39, 0.29) is 5.91 Å². The van der Waals surface area contributed by atoms with E-state index < -0.39 is 0 Å². The second-order valence-corrected chi connectivity index (χ2v) is 8.85. The fourth-order valence-electron chi connectivity index (χ4n) is 3.45. The highest BCUT2D eigenvalue weighted by atomic mass is 32.1. The van der Waals surface area contributed by atoms with Gasteiger partial charge in [0.15, 0.2) is 5.13 Å². The first-order valence-electron chi connectivity index (χ1n) is 9.85. The van der Waals surface area contributed by atoms with Crippen molar-refractivity contribution in [3.63, 3.8) is 0 Å². The Labute approximate surface area is 188 Å². The molecule has 0 aliphatic heterocycles. The van der Waals surface area contributed by atoms with Gasteiger partial charge in [-0.1, -0.05) is 96.3 Å². The van der Waals surface area contributed by atoms with Crippen molar-refractivity contribution in [1.29, 1.82) is 0 Å². The summed E-state index contributed by atoms with van der Waals surface area (Å²) in [7, 11) is 0. The zero-order valence-corrected chi connectivity index (χ0v) is 18.1. The predicted molar refractivity (Wildman–Crippen MR) is 131 cm³/mol. The highest BCUT2D eigenvalue weighted by molar-refractivity contribution is 7.20. The summed E-state index contributed by atoms with van der Waals surface area (Å²) < 4.78 is 0. The maximum Gasteiger partial charge on any atom is 0.258 e. The van der Waals surface area contributed by atoms with Gasteiger partial charge in [0.05, 0.1) is 9.75 Å². The van der Waals surface area contributed by atoms with E-state index in [2.05, 4.69) is 23.5 Å². The van der Waals surface area contributed by atoms with Crippen LogP contribution in [0.3, 0.4) is 0 Å². The molecule has 3 aromatic carbocycles. The molecule has 0 spiro atoms. The van der Waals surface area contributed by atoms with Gasteiger partial charge in [-0.25, -0.2) is 4.98 Å². The number of amides is 1. The van der Waals surface area contributed by atoms with E-state index in [0.29, 0.717) is 10.7 Å². The van der Waals surface area contributed by atoms with Crippen LogP contribution in [0.5, 0.6) is 0 Å². The molecule has 1 N–H and O–H groups in total. The van der Waals surface area contributed by atoms with Gasteiger partial charge in [0.1, 0.15) is 5.69 Å². The number of benzene rings is 3. The average molecular weight is 439 g/mol. The Morgan fingerprint density at radius 1 is 0.742 bits per heavy atom. The van der Waals surface area contributed by atoms with Crippen molar-refractivity contribution in [1.82, 2.24) is 4.98 Å². The number of thiophene rings is 1. The van der Waals surface area contributed by atoms with Gasteiger partial charge in [-0.3, -0.25) is 10.1 Å². The summed E-state index contributed by atoms with van der Waals surface area (Å²) in [4.78, 5) is 20.1. The third kappa shape index (κ3) is 4.06. The largest absolute Gasteiger partial charge is 0.298 e. The highest BCUT2D eigenvalue weighted by Gasteiger charge is 2.19. The van der Waals surface area contributed by atoms with E-state index >= 15 is 0 Å². The Hall–Kier alpha value is -3.54. The van der Waals surface area contributed by atoms with E-state index in [0.717, 1.165) is 32.1 Å². The number of carbonyl (C=O) groups is 1. The smallest absolute Gasteiger partial charge is 0.258 e. The van der Waals surface area contributed by atoms with Gasteiger partial charge in [-0.05, 0) is 34.2 Å². The monoisotopic (exact) mass is 438 g/mol. The van der Waals surface area contributed by atoms with Gasteiger partial charge in [0, 0.05) is 5.56 Å². The van der Waals surface area contributed by atoms with Gasteiger partial charge in [-0.2, -0.15) is 0 Å². The number of hydrogen-bond acceptors (Lipinski definition) is 4. The van der Waals surface area contributed by atoms with E-state index in [9.17, 15) is 4.79 Å². The summed E-state index contributed by atoms with van der Waals surface area (Å²) in [5.74, 6) is -0.162. The molecule has 0 aliphatic rings. The quantitative estimate of drug-likeness (QED) is 0.309. The third-order valence-electron chi connectivity index (χ3n) is 4.89. The van der Waals surface area contributed by atoms with Crippen molar-refractivity contribution in [3.8, 4) is 32.1 Å². The van der Waals surface area contributed by atoms with Crippen LogP contribution in [-0.4, -0.2) is 10.9 Å². The highest BCUT2D eigenvalue weighted by Crippen LogP contribution is 2.40. The van der Waals surface area contributed by atoms with Crippen LogP contribution in [0.4, 0.5) is 5.13 Å². The number of nitrogens with zero attached hydrogens (tertiary/aromatic N) is 1. The maximum atomic E-state index is 13.2. The molecule has 0 bridgehead atoms. The van der Waals surface area contributed by atoms with Crippen LogP contribution in [0.25, 0.3) is 32.1 Å². The molecule has 3 nitrogen and oxygen atoms in total. The number of thiazole rings is 1. The topological polar surface area (TPSA) is 42.0 Å². The molecule has 2 aromatic heterocycles. The summed E-state index contributed by atoms with van der Waals surface area (Å²) in [6.45, 7) is 0. The Bertz CT molecular complexity index is 1310. The molecule has 5 rings (SSSR count). The normalized spacial score (nSPS) is 10.7. The Balaban J connectivity index is 1.51. The van der Waals surface area contributed by atoms with Crippen LogP contribution in [0, 0.1) is 0 Å². The summed E-state index contributed by atoms with van der Waals surface area (Å²) in [6.07, 6.45) is 0. The minimum absolute atomic E-state index is 0.162. The average Bonchev–Trinajstić information content (AvgIpc) is 3.50. The molecule has 0 saturated heterocycles. The molecule has 0 unspecified atom stereocenters. The van der Waals surface area contributed by atoms with Gasteiger partial charge in [0.2, 0.25) is 0 Å². The van der Waals surface area contributed by atoms with Crippen molar-refractivity contribution < 1.29 is 4.79 Å². The van der Waals surface area contributed by atoms with E-state index in [4.69, 9.17) is 4.98 Å². The molecule has 0 aliphatic carbocycles. The van der Waals surface area contributed by atoms with Crippen LogP contribution >= 0.6 is 22.7 Å². The molecule has 1 amide bonds. The maximum absolute atomic E-state index is 13.2. The van der Waals surface area contributed by atoms with Crippen molar-refractivity contribution in [2.45, 2.75) is 0 Å². The number of anilines is 1. The predicted octanol–water partition coefficient (Wildman–Crippen LogP) is 7.46. The molecule has 2 heterocycles. The number of carbonyl (C=O) groups excluding carboxylic acids is 1. The Morgan fingerprint density at radius 2 is 1.42 bits per heavy atom. The molecule has 0 fully saturated rings. The van der Waals surface area contributed by atoms with Crippen LogP contribution < -0.4 is 5.32 Å². The molecular weight excluding hydrogens is 420 g/mol. The number of hydrogen-bond donors (Lipinski definition) is 1. The van der Waals surface area contributed by atoms with E-state index in [1.807, 2.05) is 84.2 Å². The fraction of sp³-hybridized carbons (Fsp3) is 0. The minimum atomic E-state index is -0.162. The number of rotatable bonds is 5. The van der Waals surface area contributed by atoms with Crippen LogP contribution in [0.15, 0.2) is 102 Å². The first kappa shape index (κ1) is 19.4. The molecule has 150 valence electrons. The number of aromatic nitrogens is 1. The lowest BCUT2D eigenvalue weighted by Crippen LogP contribution is -2.12. The van der Waals surface area contributed by atoms with Gasteiger partial charge < -0.3 is 0 Å². The van der Waals surface area contributed by atoms with Crippen molar-refractivity contribution in [2.24, 2.45) is 0 Å². The van der Waals surface area contributed by atoms with Crippen LogP contribution in [0.2, 0.25) is 0 Å². The molecule has 0 radical (unpaired) electrons. The SMILES string of the molecule is O=C(Nc1nc(-c2cccs2)c(-c2ccccc2)s1)c1ccccc1-c1ccccc1. The minimum Gasteiger partial charge on any atom is -0.298 e. The second kappa shape index (κ2) is 8.68. The van der Waals surface area contributed by atoms with E-state index in [1.165, 1.54) is 11.3 Å². The Morgan fingerprint density at radius 3 is 2.13 bits per heavy atom. The summed E-state index contributed by atoms with van der Waals surface area (Å²) in [6, 6.07) is 31.8. The lowest BCUT2D eigenvalue weighted by Gasteiger charge is -2.09. The lowest BCUT2D eigenvalue weighted by molar-refractivity contribution is 0.102. The molecule has 31 heavy (non-hydrogen) atoms. The van der Waals surface area contributed by atoms with Crippen LogP contribution in [-0.2, 0) is 0 Å². The van der Waals surface area contributed by atoms with Crippen molar-refractivity contribution in [3.05, 3.63) is 108 Å². The Kier molecular flexibility index (Phi) is 5.44. The summed E-state index contributed by atoms with van der Waals surface area (Å²) in [5, 5.41) is 5.67. The van der Waals surface area contributed by atoms with Crippen LogP contribution in [0.1, 0.15) is 10.4 Å². The van der Waals surface area contributed by atoms with Crippen molar-refractivity contribution >= 4 is 33.7 Å². The molecular formula is C26H18N2OS2. The molecule has 0 atom stereocenters. The summed E-state index contributed by atoms with van der Waals surface area (Å²) >= 11 is 3.14. The molecule has 5 aromatic rings. The zero-order valence-electron chi connectivity index (χ0n) is 16.5. The summed E-state index contributed by atoms with van der Waals surface area (Å²) in [5.41, 5.74) is 4.53. The fourth-order valence-corrected chi connectivity index (χ4v) is 5.22. The number of nitrogens with one attached hydrogen (secondary N) is 1. The zero-order chi connectivity index (χ0) is 21.0. The molecule has 5 heteroatoms.